The van der Waals surface area contributed by atoms with Crippen molar-refractivity contribution >= 4 is 29.1 Å². The van der Waals surface area contributed by atoms with E-state index in [1.807, 2.05) is 23.1 Å². The van der Waals surface area contributed by atoms with Crippen LogP contribution in [0, 0.1) is 0 Å². The lowest BCUT2D eigenvalue weighted by atomic mass is 10.1. The second-order valence-electron chi connectivity index (χ2n) is 4.68. The zero-order chi connectivity index (χ0) is 13.7. The number of nitrogens with one attached hydrogen (secondary N) is 1. The minimum absolute atomic E-state index is 0.227. The van der Waals surface area contributed by atoms with Gasteiger partial charge in [0.2, 0.25) is 5.91 Å². The molecule has 2 rings (SSSR count). The average Bonchev–Trinajstić information content (AvgIpc) is 2.43. The predicted octanol–water partition coefficient (Wildman–Crippen LogP) is 2.75. The fourth-order valence-electron chi connectivity index (χ4n) is 2.26. The van der Waals surface area contributed by atoms with Gasteiger partial charge in [0.05, 0.1) is 0 Å². The first-order chi connectivity index (χ1) is 9.18. The van der Waals surface area contributed by atoms with Crippen molar-refractivity contribution in [2.45, 2.75) is 19.3 Å². The molecule has 1 saturated heterocycles. The topological polar surface area (TPSA) is 32.3 Å². The van der Waals surface area contributed by atoms with Gasteiger partial charge in [-0.05, 0) is 30.5 Å². The molecule has 1 amide bonds. The minimum Gasteiger partial charge on any atom is -0.340 e. The number of piperazine rings is 1. The molecular formula is C14H18Cl2N2O. The van der Waals surface area contributed by atoms with E-state index in [1.54, 1.807) is 0 Å². The summed E-state index contributed by atoms with van der Waals surface area (Å²) in [4.78, 5) is 13.9. The summed E-state index contributed by atoms with van der Waals surface area (Å²) in [6.45, 7) is 3.40. The Hall–Kier alpha value is -0.770. The van der Waals surface area contributed by atoms with Crippen molar-refractivity contribution in [1.82, 2.24) is 10.2 Å². The van der Waals surface area contributed by atoms with Crippen molar-refractivity contribution in [3.05, 3.63) is 33.8 Å². The van der Waals surface area contributed by atoms with E-state index in [0.717, 1.165) is 44.6 Å². The number of carbonyl (C=O) groups excluding carboxylic acids is 1. The maximum absolute atomic E-state index is 12.0. The summed E-state index contributed by atoms with van der Waals surface area (Å²) in [6.07, 6.45) is 2.09. The molecule has 19 heavy (non-hydrogen) atoms. The Labute approximate surface area is 123 Å². The Bertz CT molecular complexity index is 425. The maximum Gasteiger partial charge on any atom is 0.222 e. The van der Waals surface area contributed by atoms with Crippen LogP contribution in [-0.2, 0) is 11.2 Å². The molecule has 1 aliphatic rings. The van der Waals surface area contributed by atoms with E-state index >= 15 is 0 Å². The highest BCUT2D eigenvalue weighted by atomic mass is 35.5. The average molecular weight is 301 g/mol. The molecule has 0 aromatic heterocycles. The highest BCUT2D eigenvalue weighted by Gasteiger charge is 2.15. The van der Waals surface area contributed by atoms with Gasteiger partial charge >= 0.3 is 0 Å². The molecule has 1 aromatic rings. The Kier molecular flexibility index (Phi) is 5.49. The lowest BCUT2D eigenvalue weighted by Gasteiger charge is -2.27. The number of amides is 1. The highest BCUT2D eigenvalue weighted by molar-refractivity contribution is 6.35. The summed E-state index contributed by atoms with van der Waals surface area (Å²) in [6, 6.07) is 5.50. The normalized spacial score (nSPS) is 15.6. The lowest BCUT2D eigenvalue weighted by Crippen LogP contribution is -2.46. The van der Waals surface area contributed by atoms with E-state index in [0.29, 0.717) is 16.5 Å². The van der Waals surface area contributed by atoms with Crippen LogP contribution in [0.4, 0.5) is 0 Å². The van der Waals surface area contributed by atoms with Gasteiger partial charge in [-0.25, -0.2) is 0 Å². The quantitative estimate of drug-likeness (QED) is 0.927. The fourth-order valence-corrected chi connectivity index (χ4v) is 2.85. The first-order valence-electron chi connectivity index (χ1n) is 6.60. The SMILES string of the molecule is O=C(CCCc1c(Cl)cccc1Cl)N1CCNCC1. The van der Waals surface area contributed by atoms with E-state index < -0.39 is 0 Å². The van der Waals surface area contributed by atoms with E-state index in [-0.39, 0.29) is 5.91 Å². The van der Waals surface area contributed by atoms with Gasteiger partial charge in [0.25, 0.3) is 0 Å². The number of halogens is 2. The molecule has 1 heterocycles. The van der Waals surface area contributed by atoms with Crippen LogP contribution in [-0.4, -0.2) is 37.0 Å². The van der Waals surface area contributed by atoms with Crippen LogP contribution in [0.15, 0.2) is 18.2 Å². The van der Waals surface area contributed by atoms with Gasteiger partial charge in [-0.15, -0.1) is 0 Å². The van der Waals surface area contributed by atoms with E-state index in [9.17, 15) is 4.79 Å². The molecule has 104 valence electrons. The van der Waals surface area contributed by atoms with Crippen LogP contribution in [0.25, 0.3) is 0 Å². The van der Waals surface area contributed by atoms with Crippen LogP contribution in [0.1, 0.15) is 18.4 Å². The molecule has 3 nitrogen and oxygen atoms in total. The molecule has 0 unspecified atom stereocenters. The molecule has 1 fully saturated rings. The molecule has 5 heteroatoms. The molecule has 0 aliphatic carbocycles. The van der Waals surface area contributed by atoms with Gasteiger partial charge in [-0.1, -0.05) is 29.3 Å². The van der Waals surface area contributed by atoms with Crippen LogP contribution in [0.3, 0.4) is 0 Å². The third kappa shape index (κ3) is 4.10. The zero-order valence-electron chi connectivity index (χ0n) is 10.8. The van der Waals surface area contributed by atoms with Crippen molar-refractivity contribution < 1.29 is 4.79 Å². The number of hydrogen-bond donors (Lipinski definition) is 1. The fraction of sp³-hybridized carbons (Fsp3) is 0.500. The molecule has 0 saturated carbocycles. The Morgan fingerprint density at radius 2 is 1.84 bits per heavy atom. The predicted molar refractivity (Wildman–Crippen MR) is 78.8 cm³/mol. The second kappa shape index (κ2) is 7.13. The number of benzene rings is 1. The molecule has 0 radical (unpaired) electrons. The van der Waals surface area contributed by atoms with Crippen LogP contribution in [0.2, 0.25) is 10.0 Å². The zero-order valence-corrected chi connectivity index (χ0v) is 12.3. The smallest absolute Gasteiger partial charge is 0.222 e. The molecule has 0 bridgehead atoms. The summed E-state index contributed by atoms with van der Waals surface area (Å²) in [5.74, 6) is 0.227. The number of hydrogen-bond acceptors (Lipinski definition) is 2. The molecule has 1 aromatic carbocycles. The first-order valence-corrected chi connectivity index (χ1v) is 7.35. The molecule has 0 atom stereocenters. The summed E-state index contributed by atoms with van der Waals surface area (Å²) in [7, 11) is 0. The van der Waals surface area contributed by atoms with Crippen molar-refractivity contribution in [1.29, 1.82) is 0 Å². The van der Waals surface area contributed by atoms with Crippen molar-refractivity contribution in [3.63, 3.8) is 0 Å². The second-order valence-corrected chi connectivity index (χ2v) is 5.50. The Morgan fingerprint density at radius 1 is 1.21 bits per heavy atom. The van der Waals surface area contributed by atoms with Crippen molar-refractivity contribution in [3.8, 4) is 0 Å². The van der Waals surface area contributed by atoms with Crippen molar-refractivity contribution in [2.75, 3.05) is 26.2 Å². The van der Waals surface area contributed by atoms with E-state index in [1.165, 1.54) is 0 Å². The standard InChI is InChI=1S/C14H18Cl2N2O/c15-12-4-2-5-13(16)11(12)3-1-6-14(19)18-9-7-17-8-10-18/h2,4-5,17H,1,3,6-10H2. The van der Waals surface area contributed by atoms with Gasteiger partial charge in [0.15, 0.2) is 0 Å². The van der Waals surface area contributed by atoms with Crippen molar-refractivity contribution in [2.24, 2.45) is 0 Å². The van der Waals surface area contributed by atoms with Crippen LogP contribution >= 0.6 is 23.2 Å². The summed E-state index contributed by atoms with van der Waals surface area (Å²) < 4.78 is 0. The summed E-state index contributed by atoms with van der Waals surface area (Å²) in [5.41, 5.74) is 0.943. The first kappa shape index (κ1) is 14.6. The van der Waals surface area contributed by atoms with E-state index in [2.05, 4.69) is 5.32 Å². The largest absolute Gasteiger partial charge is 0.340 e. The summed E-state index contributed by atoms with van der Waals surface area (Å²) in [5, 5.41) is 4.60. The third-order valence-electron chi connectivity index (χ3n) is 3.35. The number of nitrogens with zero attached hydrogens (tertiary/aromatic N) is 1. The van der Waals surface area contributed by atoms with Gasteiger partial charge < -0.3 is 10.2 Å². The van der Waals surface area contributed by atoms with Gasteiger partial charge in [-0.3, -0.25) is 4.79 Å². The molecule has 0 spiro atoms. The molecule has 1 N–H and O–H groups in total. The summed E-state index contributed by atoms with van der Waals surface area (Å²) >= 11 is 12.2. The number of rotatable bonds is 4. The van der Waals surface area contributed by atoms with Gasteiger partial charge in [-0.2, -0.15) is 0 Å². The third-order valence-corrected chi connectivity index (χ3v) is 4.06. The van der Waals surface area contributed by atoms with Gasteiger partial charge in [0.1, 0.15) is 0 Å². The Morgan fingerprint density at radius 3 is 2.47 bits per heavy atom. The monoisotopic (exact) mass is 300 g/mol. The maximum atomic E-state index is 12.0. The molecular weight excluding hydrogens is 283 g/mol. The Balaban J connectivity index is 1.81. The molecule has 1 aliphatic heterocycles. The lowest BCUT2D eigenvalue weighted by molar-refractivity contribution is -0.131. The van der Waals surface area contributed by atoms with Crippen LogP contribution in [0.5, 0.6) is 0 Å². The highest BCUT2D eigenvalue weighted by Crippen LogP contribution is 2.25. The minimum atomic E-state index is 0.227. The number of carbonyl (C=O) groups is 1. The van der Waals surface area contributed by atoms with E-state index in [4.69, 9.17) is 23.2 Å². The van der Waals surface area contributed by atoms with Gasteiger partial charge in [0, 0.05) is 42.6 Å². The van der Waals surface area contributed by atoms with Crippen LogP contribution < -0.4 is 5.32 Å².